The Labute approximate surface area is 150 Å². The lowest BCUT2D eigenvalue weighted by Gasteiger charge is -2.39. The summed E-state index contributed by atoms with van der Waals surface area (Å²) >= 11 is 0. The van der Waals surface area contributed by atoms with Crippen LogP contribution in [0.15, 0.2) is 24.4 Å². The molecule has 0 spiro atoms. The van der Waals surface area contributed by atoms with Crippen LogP contribution in [-0.4, -0.2) is 50.8 Å². The Balaban J connectivity index is 1.13. The monoisotopic (exact) mass is 352 g/mol. The summed E-state index contributed by atoms with van der Waals surface area (Å²) in [6.07, 6.45) is 3.97. The summed E-state index contributed by atoms with van der Waals surface area (Å²) < 4.78 is 1.78. The molecule has 8 nitrogen and oxygen atoms in total. The van der Waals surface area contributed by atoms with Gasteiger partial charge in [-0.1, -0.05) is 17.3 Å². The van der Waals surface area contributed by atoms with Gasteiger partial charge < -0.3 is 10.6 Å². The van der Waals surface area contributed by atoms with Crippen LogP contribution in [0, 0.1) is 0 Å². The molecule has 2 amide bonds. The molecule has 5 rings (SSSR count). The Morgan fingerprint density at radius 3 is 2.96 bits per heavy atom. The maximum atomic E-state index is 12.2. The number of amides is 2. The predicted molar refractivity (Wildman–Crippen MR) is 92.4 cm³/mol. The maximum absolute atomic E-state index is 12.2. The average molecular weight is 352 g/mol. The molecule has 2 aromatic rings. The van der Waals surface area contributed by atoms with Gasteiger partial charge in [0, 0.05) is 31.7 Å². The zero-order chi connectivity index (χ0) is 17.7. The second-order valence-electron chi connectivity index (χ2n) is 7.35. The van der Waals surface area contributed by atoms with E-state index in [1.165, 1.54) is 0 Å². The normalized spacial score (nSPS) is 19.8. The third kappa shape index (κ3) is 2.86. The van der Waals surface area contributed by atoms with E-state index >= 15 is 0 Å². The fraction of sp³-hybridized carbons (Fsp3) is 0.444. The zero-order valence-electron chi connectivity index (χ0n) is 14.3. The van der Waals surface area contributed by atoms with E-state index in [-0.39, 0.29) is 17.9 Å². The van der Waals surface area contributed by atoms with E-state index in [1.54, 1.807) is 10.9 Å². The van der Waals surface area contributed by atoms with Gasteiger partial charge in [0.05, 0.1) is 18.3 Å². The van der Waals surface area contributed by atoms with Crippen molar-refractivity contribution >= 4 is 11.8 Å². The Morgan fingerprint density at radius 1 is 1.31 bits per heavy atom. The molecule has 0 unspecified atom stereocenters. The van der Waals surface area contributed by atoms with Gasteiger partial charge in [-0.3, -0.25) is 14.5 Å². The highest BCUT2D eigenvalue weighted by Gasteiger charge is 2.30. The number of hydrogen-bond acceptors (Lipinski definition) is 5. The summed E-state index contributed by atoms with van der Waals surface area (Å²) in [4.78, 5) is 26.3. The number of carbonyl (C=O) groups excluding carboxylic acids is 2. The van der Waals surface area contributed by atoms with Crippen LogP contribution in [0.5, 0.6) is 0 Å². The highest BCUT2D eigenvalue weighted by Crippen LogP contribution is 2.33. The van der Waals surface area contributed by atoms with Crippen molar-refractivity contribution in [3.8, 4) is 0 Å². The highest BCUT2D eigenvalue weighted by atomic mass is 16.2. The van der Waals surface area contributed by atoms with E-state index in [4.69, 9.17) is 0 Å². The summed E-state index contributed by atoms with van der Waals surface area (Å²) in [5.74, 6) is -0.148. The molecule has 3 aliphatic rings. The molecule has 1 saturated heterocycles. The summed E-state index contributed by atoms with van der Waals surface area (Å²) in [6.45, 7) is 3.00. The molecule has 2 aliphatic heterocycles. The molecular weight excluding hydrogens is 332 g/mol. The molecule has 1 aromatic heterocycles. The van der Waals surface area contributed by atoms with Crippen LogP contribution in [0.3, 0.4) is 0 Å². The smallest absolute Gasteiger partial charge is 0.273 e. The number of nitrogens with zero attached hydrogens (tertiary/aromatic N) is 4. The maximum Gasteiger partial charge on any atom is 0.273 e. The van der Waals surface area contributed by atoms with Gasteiger partial charge in [-0.2, -0.15) is 0 Å². The van der Waals surface area contributed by atoms with Crippen molar-refractivity contribution in [3.63, 3.8) is 0 Å². The van der Waals surface area contributed by atoms with E-state index in [0.717, 1.165) is 49.2 Å². The Bertz CT molecular complexity index is 882. The molecule has 26 heavy (non-hydrogen) atoms. The molecule has 8 heteroatoms. The van der Waals surface area contributed by atoms with Gasteiger partial charge >= 0.3 is 0 Å². The SMILES string of the molecule is O=C(NC1CN(Cc2ccc3c(c2)C(=O)NC3)C1)c1cn(C2CC2)nn1. The van der Waals surface area contributed by atoms with Gasteiger partial charge in [0.15, 0.2) is 5.69 Å². The largest absolute Gasteiger partial charge is 0.348 e. The first kappa shape index (κ1) is 15.5. The number of nitrogens with one attached hydrogen (secondary N) is 2. The van der Waals surface area contributed by atoms with Crippen LogP contribution < -0.4 is 10.6 Å². The van der Waals surface area contributed by atoms with Gasteiger partial charge in [-0.05, 0) is 30.0 Å². The molecule has 2 fully saturated rings. The van der Waals surface area contributed by atoms with Crippen LogP contribution in [0.4, 0.5) is 0 Å². The van der Waals surface area contributed by atoms with E-state index < -0.39 is 0 Å². The minimum atomic E-state index is -0.157. The molecule has 3 heterocycles. The standard InChI is InChI=1S/C18H20N6O2/c25-17-15-5-11(1-2-12(15)6-19-17)7-23-8-13(9-23)20-18(26)16-10-24(22-21-16)14-3-4-14/h1-2,5,10,13-14H,3-4,6-9H2,(H,19,25)(H,20,26). The lowest BCUT2D eigenvalue weighted by Crippen LogP contribution is -2.58. The molecular formula is C18H20N6O2. The third-order valence-corrected chi connectivity index (χ3v) is 5.22. The van der Waals surface area contributed by atoms with Crippen LogP contribution in [-0.2, 0) is 13.1 Å². The van der Waals surface area contributed by atoms with E-state index in [2.05, 4.69) is 31.9 Å². The number of rotatable bonds is 5. The first-order valence-corrected chi connectivity index (χ1v) is 9.01. The quantitative estimate of drug-likeness (QED) is 0.816. The third-order valence-electron chi connectivity index (χ3n) is 5.22. The lowest BCUT2D eigenvalue weighted by molar-refractivity contribution is 0.0789. The molecule has 134 valence electrons. The van der Waals surface area contributed by atoms with E-state index in [0.29, 0.717) is 18.3 Å². The van der Waals surface area contributed by atoms with Gasteiger partial charge in [-0.25, -0.2) is 4.68 Å². The second kappa shape index (κ2) is 5.91. The predicted octanol–water partition coefficient (Wildman–Crippen LogP) is 0.471. The van der Waals surface area contributed by atoms with Crippen LogP contribution in [0.1, 0.15) is 50.9 Å². The van der Waals surface area contributed by atoms with Crippen molar-refractivity contribution in [1.82, 2.24) is 30.5 Å². The Hall–Kier alpha value is -2.74. The van der Waals surface area contributed by atoms with Crippen molar-refractivity contribution in [2.75, 3.05) is 13.1 Å². The number of hydrogen-bond donors (Lipinski definition) is 2. The number of fused-ring (bicyclic) bond motifs is 1. The Kier molecular flexibility index (Phi) is 3.53. The van der Waals surface area contributed by atoms with Crippen molar-refractivity contribution < 1.29 is 9.59 Å². The van der Waals surface area contributed by atoms with Gasteiger partial charge in [0.2, 0.25) is 0 Å². The number of benzene rings is 1. The minimum absolute atomic E-state index is 0.00911. The average Bonchev–Trinajstić information content (AvgIpc) is 3.22. The molecule has 1 aliphatic carbocycles. The van der Waals surface area contributed by atoms with Crippen molar-refractivity contribution in [3.05, 3.63) is 46.8 Å². The number of likely N-dealkylation sites (tertiary alicyclic amines) is 1. The fourth-order valence-electron chi connectivity index (χ4n) is 3.56. The van der Waals surface area contributed by atoms with Crippen molar-refractivity contribution in [2.24, 2.45) is 0 Å². The molecule has 1 aromatic carbocycles. The summed E-state index contributed by atoms with van der Waals surface area (Å²) in [5, 5.41) is 13.8. The molecule has 0 radical (unpaired) electrons. The first-order chi connectivity index (χ1) is 12.7. The zero-order valence-corrected chi connectivity index (χ0v) is 14.3. The first-order valence-electron chi connectivity index (χ1n) is 9.01. The van der Waals surface area contributed by atoms with Gasteiger partial charge in [0.25, 0.3) is 11.8 Å². The van der Waals surface area contributed by atoms with Crippen LogP contribution >= 0.6 is 0 Å². The van der Waals surface area contributed by atoms with E-state index in [9.17, 15) is 9.59 Å². The highest BCUT2D eigenvalue weighted by molar-refractivity contribution is 5.98. The van der Waals surface area contributed by atoms with Gasteiger partial charge in [0.1, 0.15) is 0 Å². The summed E-state index contributed by atoms with van der Waals surface area (Å²) in [5.41, 5.74) is 3.36. The van der Waals surface area contributed by atoms with Crippen LogP contribution in [0.25, 0.3) is 0 Å². The summed E-state index contributed by atoms with van der Waals surface area (Å²) in [6, 6.07) is 6.62. The van der Waals surface area contributed by atoms with Crippen molar-refractivity contribution in [2.45, 2.75) is 38.0 Å². The number of aromatic nitrogens is 3. The number of carbonyl (C=O) groups is 2. The fourth-order valence-corrected chi connectivity index (χ4v) is 3.56. The van der Waals surface area contributed by atoms with Crippen LogP contribution in [0.2, 0.25) is 0 Å². The molecule has 0 atom stereocenters. The summed E-state index contributed by atoms with van der Waals surface area (Å²) in [7, 11) is 0. The second-order valence-corrected chi connectivity index (χ2v) is 7.35. The van der Waals surface area contributed by atoms with E-state index in [1.807, 2.05) is 12.1 Å². The Morgan fingerprint density at radius 2 is 2.15 bits per heavy atom. The molecule has 0 bridgehead atoms. The minimum Gasteiger partial charge on any atom is -0.348 e. The topological polar surface area (TPSA) is 92.2 Å². The lowest BCUT2D eigenvalue weighted by atomic mass is 10.0. The van der Waals surface area contributed by atoms with Crippen molar-refractivity contribution in [1.29, 1.82) is 0 Å². The van der Waals surface area contributed by atoms with Gasteiger partial charge in [-0.15, -0.1) is 5.10 Å². The molecule has 2 N–H and O–H groups in total. The molecule has 1 saturated carbocycles.